The van der Waals surface area contributed by atoms with Gasteiger partial charge >= 0.3 is 0 Å². The van der Waals surface area contributed by atoms with E-state index < -0.39 is 0 Å². The van der Waals surface area contributed by atoms with Crippen molar-refractivity contribution in [1.29, 1.82) is 0 Å². The molecule has 2 nitrogen and oxygen atoms in total. The third-order valence-electron chi connectivity index (χ3n) is 0.883. The van der Waals surface area contributed by atoms with Crippen LogP contribution in [0, 0.1) is 0 Å². The van der Waals surface area contributed by atoms with Crippen LogP contribution in [0.1, 0.15) is 0 Å². The lowest BCUT2D eigenvalue weighted by Gasteiger charge is -1.93. The van der Waals surface area contributed by atoms with Crippen molar-refractivity contribution in [3.63, 3.8) is 0 Å². The summed E-state index contributed by atoms with van der Waals surface area (Å²) in [6.45, 7) is 0.785. The molecule has 0 spiro atoms. The van der Waals surface area contributed by atoms with E-state index in [9.17, 15) is 4.79 Å². The minimum absolute atomic E-state index is 0.225. The molecular formula is C4H7NOS2. The smallest absolute Gasteiger partial charge is 0.276 e. The van der Waals surface area contributed by atoms with Gasteiger partial charge in [0.1, 0.15) is 0 Å². The molecule has 0 aromatic carbocycles. The highest BCUT2D eigenvalue weighted by molar-refractivity contribution is 8.06. The van der Waals surface area contributed by atoms with Gasteiger partial charge < -0.3 is 5.32 Å². The van der Waals surface area contributed by atoms with Gasteiger partial charge in [0.25, 0.3) is 5.24 Å². The summed E-state index contributed by atoms with van der Waals surface area (Å²) in [5.41, 5.74) is 0. The van der Waals surface area contributed by atoms with E-state index in [1.807, 2.05) is 11.8 Å². The molecule has 1 amide bonds. The number of rotatable bonds is 2. The van der Waals surface area contributed by atoms with Gasteiger partial charge in [-0.25, -0.2) is 0 Å². The Morgan fingerprint density at radius 3 is 3.00 bits per heavy atom. The van der Waals surface area contributed by atoms with Crippen molar-refractivity contribution in [3.8, 4) is 0 Å². The van der Waals surface area contributed by atoms with E-state index in [2.05, 4.69) is 17.9 Å². The molecule has 4 heteroatoms. The fraction of sp³-hybridized carbons (Fsp3) is 0.750. The fourth-order valence-corrected chi connectivity index (χ4v) is 0.933. The van der Waals surface area contributed by atoms with Crippen molar-refractivity contribution < 1.29 is 4.79 Å². The first-order valence-electron chi connectivity index (χ1n) is 2.37. The third kappa shape index (κ3) is 2.47. The zero-order valence-electron chi connectivity index (χ0n) is 4.26. The number of nitrogens with one attached hydrogen (secondary N) is 1. The Morgan fingerprint density at radius 1 is 2.00 bits per heavy atom. The minimum atomic E-state index is -0.225. The van der Waals surface area contributed by atoms with Gasteiger partial charge in [0, 0.05) is 17.5 Å². The summed E-state index contributed by atoms with van der Waals surface area (Å²) < 4.78 is 0. The summed E-state index contributed by atoms with van der Waals surface area (Å²) in [5.74, 6) is 1.19. The Balaban J connectivity index is 1.95. The molecule has 1 N–H and O–H groups in total. The molecule has 1 heterocycles. The number of carbonyl (C=O) groups is 1. The predicted molar refractivity (Wildman–Crippen MR) is 38.6 cm³/mol. The fourth-order valence-electron chi connectivity index (χ4n) is 0.387. The van der Waals surface area contributed by atoms with Crippen LogP contribution in [0.15, 0.2) is 0 Å². The van der Waals surface area contributed by atoms with Crippen LogP contribution in [-0.2, 0) is 0 Å². The highest BCUT2D eigenvalue weighted by atomic mass is 32.2. The van der Waals surface area contributed by atoms with Crippen molar-refractivity contribution in [3.05, 3.63) is 0 Å². The summed E-state index contributed by atoms with van der Waals surface area (Å²) >= 11 is 5.40. The molecular weight excluding hydrogens is 142 g/mol. The number of carbonyl (C=O) groups excluding carboxylic acids is 1. The van der Waals surface area contributed by atoms with Crippen LogP contribution < -0.4 is 5.32 Å². The Bertz CT molecular complexity index is 102. The van der Waals surface area contributed by atoms with Gasteiger partial charge in [-0.2, -0.15) is 11.8 Å². The minimum Gasteiger partial charge on any atom is -0.346 e. The van der Waals surface area contributed by atoms with Crippen LogP contribution >= 0.6 is 24.4 Å². The van der Waals surface area contributed by atoms with Crippen molar-refractivity contribution >= 4 is 29.6 Å². The second-order valence-electron chi connectivity index (χ2n) is 1.64. The molecule has 1 aliphatic rings. The number of thioether (sulfide) groups is 1. The zero-order chi connectivity index (χ0) is 5.98. The molecule has 0 unspecified atom stereocenters. The SMILES string of the molecule is O=C(S)NC[C@H]1CS1. The molecule has 0 aromatic rings. The summed E-state index contributed by atoms with van der Waals surface area (Å²) in [6, 6.07) is 0. The van der Waals surface area contributed by atoms with Gasteiger partial charge in [-0.1, -0.05) is 12.6 Å². The number of thiol groups is 1. The quantitative estimate of drug-likeness (QED) is 0.448. The van der Waals surface area contributed by atoms with E-state index >= 15 is 0 Å². The van der Waals surface area contributed by atoms with Crippen LogP contribution in [0.25, 0.3) is 0 Å². The van der Waals surface area contributed by atoms with Gasteiger partial charge in [-0.15, -0.1) is 0 Å². The third-order valence-corrected chi connectivity index (χ3v) is 2.01. The maximum absolute atomic E-state index is 10.1. The average Bonchev–Trinajstić information content (AvgIpc) is 2.41. The first-order valence-corrected chi connectivity index (χ1v) is 3.87. The van der Waals surface area contributed by atoms with E-state index in [1.165, 1.54) is 5.75 Å². The molecule has 0 saturated carbocycles. The van der Waals surface area contributed by atoms with Crippen molar-refractivity contribution in [2.24, 2.45) is 0 Å². The largest absolute Gasteiger partial charge is 0.346 e. The summed E-state index contributed by atoms with van der Waals surface area (Å²) in [4.78, 5) is 10.1. The van der Waals surface area contributed by atoms with Crippen LogP contribution in [0.3, 0.4) is 0 Å². The molecule has 1 fully saturated rings. The maximum atomic E-state index is 10.1. The Hall–Kier alpha value is 0.170. The second kappa shape index (κ2) is 2.64. The standard InChI is InChI=1S/C4H7NOS2/c6-4(7)5-1-3-2-8-3/h3H,1-2H2,(H2,5,6,7)/t3-/m0/s1. The van der Waals surface area contributed by atoms with Crippen LogP contribution in [0.4, 0.5) is 4.79 Å². The van der Waals surface area contributed by atoms with Gasteiger partial charge in [-0.05, 0) is 0 Å². The van der Waals surface area contributed by atoms with Crippen molar-refractivity contribution in [2.45, 2.75) is 5.25 Å². The normalized spacial score (nSPS) is 24.9. The Labute approximate surface area is 57.8 Å². The van der Waals surface area contributed by atoms with Crippen LogP contribution in [0.5, 0.6) is 0 Å². The van der Waals surface area contributed by atoms with Gasteiger partial charge in [0.15, 0.2) is 0 Å². The lowest BCUT2D eigenvalue weighted by molar-refractivity contribution is 0.261. The molecule has 0 radical (unpaired) electrons. The van der Waals surface area contributed by atoms with E-state index in [1.54, 1.807) is 0 Å². The van der Waals surface area contributed by atoms with E-state index in [-0.39, 0.29) is 5.24 Å². The molecule has 0 aromatic heterocycles. The first-order chi connectivity index (χ1) is 3.79. The summed E-state index contributed by atoms with van der Waals surface area (Å²) in [5, 5.41) is 3.06. The molecule has 46 valence electrons. The molecule has 8 heavy (non-hydrogen) atoms. The average molecular weight is 149 g/mol. The maximum Gasteiger partial charge on any atom is 0.276 e. The molecule has 1 aliphatic heterocycles. The highest BCUT2D eigenvalue weighted by Gasteiger charge is 2.21. The second-order valence-corrected chi connectivity index (χ2v) is 3.38. The highest BCUT2D eigenvalue weighted by Crippen LogP contribution is 2.28. The van der Waals surface area contributed by atoms with Crippen LogP contribution in [-0.4, -0.2) is 22.8 Å². The van der Waals surface area contributed by atoms with Crippen molar-refractivity contribution in [2.75, 3.05) is 12.3 Å². The zero-order valence-corrected chi connectivity index (χ0v) is 5.97. The molecule has 1 rings (SSSR count). The Kier molecular flexibility index (Phi) is 2.08. The monoisotopic (exact) mass is 149 g/mol. The van der Waals surface area contributed by atoms with Crippen LogP contribution in [0.2, 0.25) is 0 Å². The molecule has 0 bridgehead atoms. The predicted octanol–water partition coefficient (Wildman–Crippen LogP) is 0.741. The van der Waals surface area contributed by atoms with Crippen molar-refractivity contribution in [1.82, 2.24) is 5.32 Å². The molecule has 0 aliphatic carbocycles. The lowest BCUT2D eigenvalue weighted by atomic mass is 10.5. The topological polar surface area (TPSA) is 29.1 Å². The number of hydrogen-bond acceptors (Lipinski definition) is 2. The number of hydrogen-bond donors (Lipinski definition) is 2. The summed E-state index contributed by atoms with van der Waals surface area (Å²) in [6.07, 6.45) is 0. The number of amides is 1. The molecule has 1 saturated heterocycles. The van der Waals surface area contributed by atoms with Gasteiger partial charge in [-0.3, -0.25) is 4.79 Å². The van der Waals surface area contributed by atoms with Gasteiger partial charge in [0.05, 0.1) is 0 Å². The lowest BCUT2D eigenvalue weighted by Crippen LogP contribution is -2.21. The van der Waals surface area contributed by atoms with E-state index in [4.69, 9.17) is 0 Å². The van der Waals surface area contributed by atoms with Gasteiger partial charge in [0.2, 0.25) is 0 Å². The molecule has 1 atom stereocenters. The van der Waals surface area contributed by atoms with E-state index in [0.717, 1.165) is 6.54 Å². The summed E-state index contributed by atoms with van der Waals surface area (Å²) in [7, 11) is 0. The Morgan fingerprint density at radius 2 is 2.62 bits per heavy atom. The van der Waals surface area contributed by atoms with E-state index in [0.29, 0.717) is 5.25 Å². The first kappa shape index (κ1) is 6.29.